The number of amides is 1. The summed E-state index contributed by atoms with van der Waals surface area (Å²) >= 11 is 1.45. The largest absolute Gasteiger partial charge is 0.350 e. The van der Waals surface area contributed by atoms with E-state index < -0.39 is 0 Å². The van der Waals surface area contributed by atoms with Crippen molar-refractivity contribution in [1.29, 1.82) is 0 Å². The molecule has 0 aliphatic carbocycles. The minimum absolute atomic E-state index is 0.0783. The highest BCUT2D eigenvalue weighted by Gasteiger charge is 2.09. The Morgan fingerprint density at radius 3 is 3.00 bits per heavy atom. The number of nitrogens with zero attached hydrogens (tertiary/aromatic N) is 4. The van der Waals surface area contributed by atoms with Crippen LogP contribution in [0, 0.1) is 6.92 Å². The Bertz CT molecular complexity index is 518. The molecule has 0 bridgehead atoms. The maximum atomic E-state index is 11.4. The van der Waals surface area contributed by atoms with E-state index in [9.17, 15) is 4.79 Å². The van der Waals surface area contributed by atoms with E-state index in [1.54, 1.807) is 4.52 Å². The van der Waals surface area contributed by atoms with Crippen LogP contribution >= 0.6 is 11.3 Å². The van der Waals surface area contributed by atoms with Crippen LogP contribution in [-0.2, 0) is 11.3 Å². The van der Waals surface area contributed by atoms with E-state index in [1.165, 1.54) is 11.3 Å². The van der Waals surface area contributed by atoms with Gasteiger partial charge in [0.15, 0.2) is 5.82 Å². The molecule has 0 saturated heterocycles. The van der Waals surface area contributed by atoms with Gasteiger partial charge in [-0.15, -0.1) is 10.2 Å². The van der Waals surface area contributed by atoms with Crippen molar-refractivity contribution in [1.82, 2.24) is 25.1 Å². The number of carbonyl (C=O) groups excluding carboxylic acids is 1. The number of aromatic nitrogens is 4. The van der Waals surface area contributed by atoms with Crippen molar-refractivity contribution in [2.45, 2.75) is 39.7 Å². The summed E-state index contributed by atoms with van der Waals surface area (Å²) in [6.45, 7) is 4.39. The van der Waals surface area contributed by atoms with Gasteiger partial charge in [-0.05, 0) is 13.3 Å². The maximum Gasteiger partial charge on any atom is 0.234 e. The minimum atomic E-state index is 0.0783. The number of aryl methyl sites for hydroxylation is 1. The number of carbonyl (C=O) groups is 1. The van der Waals surface area contributed by atoms with E-state index in [2.05, 4.69) is 27.5 Å². The minimum Gasteiger partial charge on any atom is -0.350 e. The van der Waals surface area contributed by atoms with Crippen LogP contribution in [0.3, 0.4) is 0 Å². The molecule has 0 atom stereocenters. The molecule has 17 heavy (non-hydrogen) atoms. The summed E-state index contributed by atoms with van der Waals surface area (Å²) in [5.74, 6) is 0.842. The second kappa shape index (κ2) is 5.22. The summed E-state index contributed by atoms with van der Waals surface area (Å²) in [6.07, 6.45) is 2.54. The normalized spacial score (nSPS) is 10.9. The number of fused-ring (bicyclic) bond motifs is 1. The molecule has 0 fully saturated rings. The van der Waals surface area contributed by atoms with Crippen LogP contribution < -0.4 is 5.32 Å². The summed E-state index contributed by atoms with van der Waals surface area (Å²) < 4.78 is 1.69. The van der Waals surface area contributed by atoms with Gasteiger partial charge in [-0.1, -0.05) is 24.7 Å². The highest BCUT2D eigenvalue weighted by Crippen LogP contribution is 2.13. The third-order valence-corrected chi connectivity index (χ3v) is 3.28. The maximum absolute atomic E-state index is 11.4. The highest BCUT2D eigenvalue weighted by atomic mass is 32.1. The van der Waals surface area contributed by atoms with Gasteiger partial charge in [-0.3, -0.25) is 4.79 Å². The van der Waals surface area contributed by atoms with Crippen LogP contribution in [0.4, 0.5) is 0 Å². The van der Waals surface area contributed by atoms with Gasteiger partial charge in [-0.2, -0.15) is 9.61 Å². The summed E-state index contributed by atoms with van der Waals surface area (Å²) in [4.78, 5) is 12.2. The molecule has 92 valence electrons. The summed E-state index contributed by atoms with van der Waals surface area (Å²) in [6, 6.07) is 0. The fourth-order valence-corrected chi connectivity index (χ4v) is 2.24. The first-order valence-corrected chi connectivity index (χ1v) is 6.46. The molecule has 0 saturated carbocycles. The van der Waals surface area contributed by atoms with Crippen LogP contribution in [0.25, 0.3) is 4.96 Å². The van der Waals surface area contributed by atoms with Crippen LogP contribution in [-0.4, -0.2) is 25.7 Å². The van der Waals surface area contributed by atoms with E-state index in [-0.39, 0.29) is 5.91 Å². The predicted octanol–water partition coefficient (Wildman–Crippen LogP) is 1.30. The van der Waals surface area contributed by atoms with Crippen molar-refractivity contribution < 1.29 is 4.79 Å². The zero-order valence-electron chi connectivity index (χ0n) is 9.93. The second-order valence-corrected chi connectivity index (χ2v) is 4.86. The van der Waals surface area contributed by atoms with E-state index in [1.807, 2.05) is 6.92 Å². The van der Waals surface area contributed by atoms with Crippen LogP contribution in [0.2, 0.25) is 0 Å². The van der Waals surface area contributed by atoms with Crippen molar-refractivity contribution in [3.63, 3.8) is 0 Å². The molecule has 0 unspecified atom stereocenters. The van der Waals surface area contributed by atoms with E-state index in [0.717, 1.165) is 28.6 Å². The number of hydrogen-bond acceptors (Lipinski definition) is 5. The first-order chi connectivity index (χ1) is 8.20. The lowest BCUT2D eigenvalue weighted by Crippen LogP contribution is -2.22. The Kier molecular flexibility index (Phi) is 3.68. The second-order valence-electron chi connectivity index (χ2n) is 3.82. The smallest absolute Gasteiger partial charge is 0.234 e. The Labute approximate surface area is 103 Å². The molecule has 1 amide bonds. The van der Waals surface area contributed by atoms with Gasteiger partial charge in [0.25, 0.3) is 0 Å². The van der Waals surface area contributed by atoms with Crippen molar-refractivity contribution in [2.24, 2.45) is 0 Å². The lowest BCUT2D eigenvalue weighted by molar-refractivity contribution is -0.121. The van der Waals surface area contributed by atoms with Gasteiger partial charge in [0, 0.05) is 6.42 Å². The Morgan fingerprint density at radius 2 is 2.29 bits per heavy atom. The van der Waals surface area contributed by atoms with Gasteiger partial charge >= 0.3 is 0 Å². The van der Waals surface area contributed by atoms with Crippen molar-refractivity contribution >= 4 is 22.2 Å². The van der Waals surface area contributed by atoms with Crippen molar-refractivity contribution in [3.05, 3.63) is 10.8 Å². The standard InChI is InChI=1S/C10H15N5OS/c1-3-4-5-8(16)11-6-9-14-15-7(2)12-13-10(15)17-9/h3-6H2,1-2H3,(H,11,16). The molecule has 0 radical (unpaired) electrons. The first kappa shape index (κ1) is 12.0. The zero-order chi connectivity index (χ0) is 12.3. The lowest BCUT2D eigenvalue weighted by atomic mass is 10.2. The highest BCUT2D eigenvalue weighted by molar-refractivity contribution is 7.16. The van der Waals surface area contributed by atoms with Gasteiger partial charge < -0.3 is 5.32 Å². The van der Waals surface area contributed by atoms with Crippen LogP contribution in [0.5, 0.6) is 0 Å². The Hall–Kier alpha value is -1.50. The molecule has 2 rings (SSSR count). The Balaban J connectivity index is 1.92. The molecular formula is C10H15N5OS. The fourth-order valence-electron chi connectivity index (χ4n) is 1.43. The van der Waals surface area contributed by atoms with E-state index >= 15 is 0 Å². The number of nitrogens with one attached hydrogen (secondary N) is 1. The zero-order valence-corrected chi connectivity index (χ0v) is 10.8. The fraction of sp³-hybridized carbons (Fsp3) is 0.600. The number of unbranched alkanes of at least 4 members (excludes halogenated alkanes) is 1. The van der Waals surface area contributed by atoms with Gasteiger partial charge in [0.1, 0.15) is 5.01 Å². The third kappa shape index (κ3) is 2.79. The lowest BCUT2D eigenvalue weighted by Gasteiger charge is -2.00. The molecule has 2 heterocycles. The average molecular weight is 253 g/mol. The first-order valence-electron chi connectivity index (χ1n) is 5.65. The molecule has 6 nitrogen and oxygen atoms in total. The topological polar surface area (TPSA) is 72.2 Å². The van der Waals surface area contributed by atoms with E-state index in [0.29, 0.717) is 13.0 Å². The van der Waals surface area contributed by atoms with Crippen molar-refractivity contribution in [2.75, 3.05) is 0 Å². The average Bonchev–Trinajstić information content (AvgIpc) is 2.86. The molecular weight excluding hydrogens is 238 g/mol. The SMILES string of the molecule is CCCCC(=O)NCc1nn2c(C)nnc2s1. The molecule has 2 aromatic rings. The molecule has 1 N–H and O–H groups in total. The molecule has 2 aromatic heterocycles. The molecule has 0 aromatic carbocycles. The summed E-state index contributed by atoms with van der Waals surface area (Å²) in [5.41, 5.74) is 0. The Morgan fingerprint density at radius 1 is 1.47 bits per heavy atom. The van der Waals surface area contributed by atoms with Crippen molar-refractivity contribution in [3.8, 4) is 0 Å². The number of rotatable bonds is 5. The van der Waals surface area contributed by atoms with Gasteiger partial charge in [0.2, 0.25) is 10.9 Å². The molecule has 0 spiro atoms. The predicted molar refractivity (Wildman–Crippen MR) is 64.8 cm³/mol. The quantitative estimate of drug-likeness (QED) is 0.871. The van der Waals surface area contributed by atoms with Gasteiger partial charge in [-0.25, -0.2) is 0 Å². The monoisotopic (exact) mass is 253 g/mol. The molecule has 0 aliphatic rings. The van der Waals surface area contributed by atoms with Crippen LogP contribution in [0.1, 0.15) is 37.0 Å². The van der Waals surface area contributed by atoms with Crippen LogP contribution in [0.15, 0.2) is 0 Å². The van der Waals surface area contributed by atoms with Gasteiger partial charge in [0.05, 0.1) is 6.54 Å². The number of hydrogen-bond donors (Lipinski definition) is 1. The summed E-state index contributed by atoms with van der Waals surface area (Å²) in [5, 5.41) is 15.9. The molecule has 0 aliphatic heterocycles. The summed E-state index contributed by atoms with van der Waals surface area (Å²) in [7, 11) is 0. The molecule has 7 heteroatoms. The van der Waals surface area contributed by atoms with E-state index in [4.69, 9.17) is 0 Å². The third-order valence-electron chi connectivity index (χ3n) is 2.38.